The molecule has 1 amide bonds. The normalized spacial score (nSPS) is 11.4. The molecule has 146 valence electrons. The standard InChI is InChI=1S/C22H24BrN3O2/c1-13(2)16-6-5-7-17(14(3)4)21(16)25-20(27)11-26-12-24-19-9-8-15(23)10-18(19)22(26)28/h5-10,12-14H,11H2,1-4H3,(H,25,27). The molecule has 3 aromatic rings. The Morgan fingerprint density at radius 2 is 1.75 bits per heavy atom. The van der Waals surface area contributed by atoms with Crippen molar-refractivity contribution in [1.82, 2.24) is 9.55 Å². The maximum Gasteiger partial charge on any atom is 0.261 e. The average Bonchev–Trinajstić information content (AvgIpc) is 2.64. The highest BCUT2D eigenvalue weighted by Crippen LogP contribution is 2.32. The number of hydrogen-bond acceptors (Lipinski definition) is 3. The number of rotatable bonds is 5. The molecular weight excluding hydrogens is 418 g/mol. The molecule has 3 rings (SSSR count). The Kier molecular flexibility index (Phi) is 5.98. The first-order valence-corrected chi connectivity index (χ1v) is 10.1. The molecular formula is C22H24BrN3O2. The Balaban J connectivity index is 1.92. The second-order valence-corrected chi connectivity index (χ2v) is 8.42. The number of hydrogen-bond donors (Lipinski definition) is 1. The predicted molar refractivity (Wildman–Crippen MR) is 117 cm³/mol. The molecule has 0 radical (unpaired) electrons. The molecule has 0 fully saturated rings. The van der Waals surface area contributed by atoms with E-state index in [9.17, 15) is 9.59 Å². The van der Waals surface area contributed by atoms with Crippen molar-refractivity contribution in [2.45, 2.75) is 46.1 Å². The quantitative estimate of drug-likeness (QED) is 0.602. The van der Waals surface area contributed by atoms with E-state index in [1.165, 1.54) is 10.9 Å². The fraction of sp³-hybridized carbons (Fsp3) is 0.318. The van der Waals surface area contributed by atoms with Gasteiger partial charge < -0.3 is 5.32 Å². The molecule has 28 heavy (non-hydrogen) atoms. The van der Waals surface area contributed by atoms with E-state index < -0.39 is 0 Å². The van der Waals surface area contributed by atoms with E-state index in [0.29, 0.717) is 10.9 Å². The molecule has 2 aromatic carbocycles. The number of nitrogens with one attached hydrogen (secondary N) is 1. The van der Waals surface area contributed by atoms with E-state index in [0.717, 1.165) is 21.3 Å². The van der Waals surface area contributed by atoms with Crippen molar-refractivity contribution in [1.29, 1.82) is 0 Å². The first-order chi connectivity index (χ1) is 13.3. The van der Waals surface area contributed by atoms with Crippen LogP contribution in [0.15, 0.2) is 52.0 Å². The van der Waals surface area contributed by atoms with Gasteiger partial charge in [-0.05, 0) is 41.2 Å². The summed E-state index contributed by atoms with van der Waals surface area (Å²) in [5.74, 6) is 0.307. The van der Waals surface area contributed by atoms with Crippen molar-refractivity contribution in [3.8, 4) is 0 Å². The van der Waals surface area contributed by atoms with Crippen LogP contribution in [0.4, 0.5) is 5.69 Å². The second-order valence-electron chi connectivity index (χ2n) is 7.51. The van der Waals surface area contributed by atoms with Gasteiger partial charge in [-0.15, -0.1) is 0 Å². The Bertz CT molecular complexity index is 1060. The molecule has 0 saturated heterocycles. The summed E-state index contributed by atoms with van der Waals surface area (Å²) >= 11 is 3.37. The third-order valence-corrected chi connectivity index (χ3v) is 5.23. The SMILES string of the molecule is CC(C)c1cccc(C(C)C)c1NC(=O)Cn1cnc2ccc(Br)cc2c1=O. The third-order valence-electron chi connectivity index (χ3n) is 4.74. The van der Waals surface area contributed by atoms with Crippen LogP contribution in [-0.2, 0) is 11.3 Å². The number of nitrogens with zero attached hydrogens (tertiary/aromatic N) is 2. The monoisotopic (exact) mass is 441 g/mol. The van der Waals surface area contributed by atoms with E-state index in [1.807, 2.05) is 24.3 Å². The lowest BCUT2D eigenvalue weighted by Gasteiger charge is -2.20. The van der Waals surface area contributed by atoms with Gasteiger partial charge >= 0.3 is 0 Å². The number of carbonyl (C=O) groups excluding carboxylic acids is 1. The first kappa shape index (κ1) is 20.3. The highest BCUT2D eigenvalue weighted by Gasteiger charge is 2.17. The topological polar surface area (TPSA) is 64.0 Å². The molecule has 5 nitrogen and oxygen atoms in total. The molecule has 0 bridgehead atoms. The highest BCUT2D eigenvalue weighted by molar-refractivity contribution is 9.10. The molecule has 0 saturated carbocycles. The predicted octanol–water partition coefficient (Wildman–Crippen LogP) is 5.04. The van der Waals surface area contributed by atoms with Crippen LogP contribution in [0.2, 0.25) is 0 Å². The number of anilines is 1. The summed E-state index contributed by atoms with van der Waals surface area (Å²) in [4.78, 5) is 29.8. The molecule has 0 atom stereocenters. The molecule has 1 aromatic heterocycles. The fourth-order valence-corrected chi connectivity index (χ4v) is 3.63. The minimum atomic E-state index is -0.242. The summed E-state index contributed by atoms with van der Waals surface area (Å²) in [7, 11) is 0. The van der Waals surface area contributed by atoms with Gasteiger partial charge in [0.1, 0.15) is 6.54 Å². The van der Waals surface area contributed by atoms with Gasteiger partial charge in [-0.2, -0.15) is 0 Å². The van der Waals surface area contributed by atoms with Crippen molar-refractivity contribution < 1.29 is 4.79 Å². The van der Waals surface area contributed by atoms with E-state index in [-0.39, 0.29) is 29.8 Å². The van der Waals surface area contributed by atoms with Gasteiger partial charge in [-0.1, -0.05) is 61.8 Å². The van der Waals surface area contributed by atoms with E-state index in [2.05, 4.69) is 53.9 Å². The van der Waals surface area contributed by atoms with Gasteiger partial charge in [-0.25, -0.2) is 4.98 Å². The number of carbonyl (C=O) groups is 1. The van der Waals surface area contributed by atoms with Crippen molar-refractivity contribution in [2.24, 2.45) is 0 Å². The summed E-state index contributed by atoms with van der Waals surface area (Å²) in [5.41, 5.74) is 3.40. The largest absolute Gasteiger partial charge is 0.324 e. The molecule has 0 aliphatic heterocycles. The van der Waals surface area contributed by atoms with Crippen LogP contribution in [-0.4, -0.2) is 15.5 Å². The van der Waals surface area contributed by atoms with Gasteiger partial charge in [-0.3, -0.25) is 14.2 Å². The molecule has 1 heterocycles. The summed E-state index contributed by atoms with van der Waals surface area (Å²) in [6.07, 6.45) is 1.43. The number of para-hydroxylation sites is 1. The van der Waals surface area contributed by atoms with Crippen molar-refractivity contribution in [2.75, 3.05) is 5.32 Å². The van der Waals surface area contributed by atoms with Gasteiger partial charge in [0.2, 0.25) is 5.91 Å². The number of fused-ring (bicyclic) bond motifs is 1. The van der Waals surface area contributed by atoms with Gasteiger partial charge in [0.15, 0.2) is 0 Å². The molecule has 0 aliphatic rings. The molecule has 0 unspecified atom stereocenters. The van der Waals surface area contributed by atoms with Crippen LogP contribution >= 0.6 is 15.9 Å². The molecule has 1 N–H and O–H groups in total. The van der Waals surface area contributed by atoms with Gasteiger partial charge in [0, 0.05) is 10.2 Å². The third kappa shape index (κ3) is 4.17. The van der Waals surface area contributed by atoms with E-state index in [1.54, 1.807) is 12.1 Å². The average molecular weight is 442 g/mol. The van der Waals surface area contributed by atoms with Crippen LogP contribution in [0.5, 0.6) is 0 Å². The lowest BCUT2D eigenvalue weighted by atomic mass is 9.92. The number of benzene rings is 2. The Morgan fingerprint density at radius 1 is 1.11 bits per heavy atom. The lowest BCUT2D eigenvalue weighted by molar-refractivity contribution is -0.116. The van der Waals surface area contributed by atoms with Crippen LogP contribution in [0, 0.1) is 0 Å². The van der Waals surface area contributed by atoms with E-state index >= 15 is 0 Å². The Hall–Kier alpha value is -2.47. The zero-order chi connectivity index (χ0) is 20.4. The summed E-state index contributed by atoms with van der Waals surface area (Å²) in [6.45, 7) is 8.32. The maximum atomic E-state index is 12.8. The van der Waals surface area contributed by atoms with Gasteiger partial charge in [0.25, 0.3) is 5.56 Å². The zero-order valence-corrected chi connectivity index (χ0v) is 18.1. The van der Waals surface area contributed by atoms with Crippen LogP contribution in [0.3, 0.4) is 0 Å². The maximum absolute atomic E-state index is 12.8. The van der Waals surface area contributed by atoms with Crippen LogP contribution in [0.1, 0.15) is 50.7 Å². The van der Waals surface area contributed by atoms with Crippen molar-refractivity contribution in [3.63, 3.8) is 0 Å². The van der Waals surface area contributed by atoms with E-state index in [4.69, 9.17) is 0 Å². The number of aromatic nitrogens is 2. The lowest BCUT2D eigenvalue weighted by Crippen LogP contribution is -2.28. The number of amides is 1. The zero-order valence-electron chi connectivity index (χ0n) is 16.5. The minimum Gasteiger partial charge on any atom is -0.324 e. The van der Waals surface area contributed by atoms with Crippen LogP contribution in [0.25, 0.3) is 10.9 Å². The smallest absolute Gasteiger partial charge is 0.261 e. The highest BCUT2D eigenvalue weighted by atomic mass is 79.9. The summed E-state index contributed by atoms with van der Waals surface area (Å²) in [5, 5.41) is 3.52. The van der Waals surface area contributed by atoms with Gasteiger partial charge in [0.05, 0.1) is 17.2 Å². The molecule has 0 aliphatic carbocycles. The second kappa shape index (κ2) is 8.27. The Morgan fingerprint density at radius 3 is 2.36 bits per heavy atom. The van der Waals surface area contributed by atoms with Crippen molar-refractivity contribution in [3.05, 3.63) is 68.7 Å². The fourth-order valence-electron chi connectivity index (χ4n) is 3.27. The summed E-state index contributed by atoms with van der Waals surface area (Å²) in [6, 6.07) is 11.4. The summed E-state index contributed by atoms with van der Waals surface area (Å²) < 4.78 is 2.14. The Labute approximate surface area is 172 Å². The first-order valence-electron chi connectivity index (χ1n) is 9.35. The molecule has 0 spiro atoms. The minimum absolute atomic E-state index is 0.0851. The van der Waals surface area contributed by atoms with Crippen LogP contribution < -0.4 is 10.9 Å². The van der Waals surface area contributed by atoms with Crippen molar-refractivity contribution >= 4 is 38.4 Å². The molecule has 6 heteroatoms. The number of halogens is 1.